The van der Waals surface area contributed by atoms with Gasteiger partial charge < -0.3 is 4.74 Å². The van der Waals surface area contributed by atoms with Gasteiger partial charge in [0.1, 0.15) is 23.3 Å². The number of nitriles is 1. The SMILES string of the molecule is CS(=O)(=O)N1CCOc2ccc(NS(=O)(=O)c3ccccc3C#N)cc21. The van der Waals surface area contributed by atoms with Crippen molar-refractivity contribution < 1.29 is 21.6 Å². The fourth-order valence-corrected chi connectivity index (χ4v) is 4.72. The number of benzene rings is 2. The molecule has 10 heteroatoms. The van der Waals surface area contributed by atoms with E-state index in [1.54, 1.807) is 6.07 Å². The summed E-state index contributed by atoms with van der Waals surface area (Å²) < 4.78 is 58.1. The van der Waals surface area contributed by atoms with Crippen molar-refractivity contribution in [2.24, 2.45) is 0 Å². The number of rotatable bonds is 4. The topological polar surface area (TPSA) is 117 Å². The number of sulfonamides is 2. The van der Waals surface area contributed by atoms with E-state index in [1.807, 2.05) is 6.07 Å². The summed E-state index contributed by atoms with van der Waals surface area (Å²) in [5.41, 5.74) is 0.433. The molecule has 0 fully saturated rings. The first-order valence-electron chi connectivity index (χ1n) is 7.49. The highest BCUT2D eigenvalue weighted by Crippen LogP contribution is 2.36. The summed E-state index contributed by atoms with van der Waals surface area (Å²) in [7, 11) is -7.55. The van der Waals surface area contributed by atoms with Crippen LogP contribution < -0.4 is 13.8 Å². The largest absolute Gasteiger partial charge is 0.489 e. The molecule has 1 N–H and O–H groups in total. The molecule has 0 radical (unpaired) electrons. The van der Waals surface area contributed by atoms with Crippen LogP contribution in [0.3, 0.4) is 0 Å². The molecule has 0 bridgehead atoms. The van der Waals surface area contributed by atoms with Crippen LogP contribution >= 0.6 is 0 Å². The van der Waals surface area contributed by atoms with Crippen molar-refractivity contribution in [3.8, 4) is 11.8 Å². The quantitative estimate of drug-likeness (QED) is 0.842. The average molecular weight is 393 g/mol. The summed E-state index contributed by atoms with van der Waals surface area (Å²) in [4.78, 5) is -0.156. The molecule has 2 aromatic carbocycles. The smallest absolute Gasteiger partial charge is 0.263 e. The number of nitrogens with zero attached hydrogens (tertiary/aromatic N) is 2. The maximum Gasteiger partial charge on any atom is 0.263 e. The second-order valence-corrected chi connectivity index (χ2v) is 9.14. The predicted octanol–water partition coefficient (Wildman–Crippen LogP) is 1.52. The Morgan fingerprint density at radius 3 is 2.58 bits per heavy atom. The first-order valence-corrected chi connectivity index (χ1v) is 10.8. The predicted molar refractivity (Wildman–Crippen MR) is 96.1 cm³/mol. The van der Waals surface area contributed by atoms with Gasteiger partial charge in [0.15, 0.2) is 0 Å². The summed E-state index contributed by atoms with van der Waals surface area (Å²) in [5.74, 6) is 0.349. The lowest BCUT2D eigenvalue weighted by atomic mass is 10.2. The maximum atomic E-state index is 12.6. The monoisotopic (exact) mass is 393 g/mol. The molecule has 0 saturated carbocycles. The van der Waals surface area contributed by atoms with Crippen molar-refractivity contribution in [1.29, 1.82) is 5.26 Å². The van der Waals surface area contributed by atoms with Gasteiger partial charge in [0.05, 0.1) is 29.7 Å². The third-order valence-corrected chi connectivity index (χ3v) is 6.35. The van der Waals surface area contributed by atoms with Crippen LogP contribution in [0.5, 0.6) is 5.75 Å². The lowest BCUT2D eigenvalue weighted by Gasteiger charge is -2.29. The molecule has 1 aliphatic heterocycles. The fraction of sp³-hybridized carbons (Fsp3) is 0.188. The minimum absolute atomic E-state index is 0.0130. The van der Waals surface area contributed by atoms with Crippen molar-refractivity contribution in [3.63, 3.8) is 0 Å². The van der Waals surface area contributed by atoms with Gasteiger partial charge in [0, 0.05) is 0 Å². The van der Waals surface area contributed by atoms with Crippen LogP contribution in [0.2, 0.25) is 0 Å². The third-order valence-electron chi connectivity index (χ3n) is 3.73. The van der Waals surface area contributed by atoms with Gasteiger partial charge in [-0.1, -0.05) is 12.1 Å². The van der Waals surface area contributed by atoms with Crippen molar-refractivity contribution >= 4 is 31.4 Å². The Morgan fingerprint density at radius 1 is 1.15 bits per heavy atom. The van der Waals surface area contributed by atoms with Gasteiger partial charge in [-0.2, -0.15) is 5.26 Å². The molecule has 0 aromatic heterocycles. The van der Waals surface area contributed by atoms with E-state index in [4.69, 9.17) is 10.00 Å². The highest BCUT2D eigenvalue weighted by molar-refractivity contribution is 7.93. The molecule has 0 atom stereocenters. The standard InChI is InChI=1S/C16H15N3O5S2/c1-25(20,21)19-8-9-24-15-7-6-13(10-14(15)19)18-26(22,23)16-5-3-2-4-12(16)11-17/h2-7,10,18H,8-9H2,1H3. The number of fused-ring (bicyclic) bond motifs is 1. The Kier molecular flexibility index (Phi) is 4.52. The number of hydrogen-bond acceptors (Lipinski definition) is 6. The van der Waals surface area contributed by atoms with Crippen LogP contribution in [0.1, 0.15) is 5.56 Å². The Labute approximate surface area is 151 Å². The number of anilines is 2. The van der Waals surface area contributed by atoms with Crippen molar-refractivity contribution in [3.05, 3.63) is 48.0 Å². The molecule has 0 spiro atoms. The van der Waals surface area contributed by atoms with Crippen LogP contribution in [0.15, 0.2) is 47.4 Å². The van der Waals surface area contributed by atoms with E-state index in [0.29, 0.717) is 5.75 Å². The molecule has 0 amide bonds. The highest BCUT2D eigenvalue weighted by Gasteiger charge is 2.26. The normalized spacial score (nSPS) is 14.1. The van der Waals surface area contributed by atoms with Gasteiger partial charge in [-0.25, -0.2) is 16.8 Å². The van der Waals surface area contributed by atoms with E-state index >= 15 is 0 Å². The maximum absolute atomic E-state index is 12.6. The zero-order valence-corrected chi connectivity index (χ0v) is 15.3. The van der Waals surface area contributed by atoms with Crippen LogP contribution in [-0.4, -0.2) is 36.2 Å². The van der Waals surface area contributed by atoms with Crippen molar-refractivity contribution in [2.45, 2.75) is 4.90 Å². The molecular formula is C16H15N3O5S2. The first-order chi connectivity index (χ1) is 12.2. The van der Waals surface area contributed by atoms with E-state index in [1.165, 1.54) is 36.4 Å². The van der Waals surface area contributed by atoms with Crippen LogP contribution in [0, 0.1) is 11.3 Å². The first kappa shape index (κ1) is 18.0. The van der Waals surface area contributed by atoms with Gasteiger partial charge >= 0.3 is 0 Å². The zero-order valence-electron chi connectivity index (χ0n) is 13.7. The Bertz CT molecular complexity index is 1100. The average Bonchev–Trinajstić information content (AvgIpc) is 2.60. The van der Waals surface area contributed by atoms with Crippen LogP contribution in [0.25, 0.3) is 0 Å². The minimum atomic E-state index is -4.02. The molecule has 26 heavy (non-hydrogen) atoms. The second kappa shape index (κ2) is 6.51. The van der Waals surface area contributed by atoms with Crippen molar-refractivity contribution in [1.82, 2.24) is 0 Å². The molecule has 0 unspecified atom stereocenters. The summed E-state index contributed by atoms with van der Waals surface area (Å²) >= 11 is 0. The van der Waals surface area contributed by atoms with Gasteiger partial charge in [0.2, 0.25) is 10.0 Å². The fourth-order valence-electron chi connectivity index (χ4n) is 2.60. The Morgan fingerprint density at radius 2 is 1.88 bits per heavy atom. The van der Waals surface area contributed by atoms with Crippen LogP contribution in [0.4, 0.5) is 11.4 Å². The molecule has 3 rings (SSSR count). The molecule has 8 nitrogen and oxygen atoms in total. The lowest BCUT2D eigenvalue weighted by molar-refractivity contribution is 0.316. The molecule has 2 aromatic rings. The van der Waals surface area contributed by atoms with Gasteiger partial charge in [-0.3, -0.25) is 9.03 Å². The summed E-state index contributed by atoms with van der Waals surface area (Å²) in [5, 5.41) is 9.10. The number of ether oxygens (including phenoxy) is 1. The Hall–Kier alpha value is -2.77. The molecule has 0 aliphatic carbocycles. The molecule has 1 aliphatic rings. The Balaban J connectivity index is 2.01. The van der Waals surface area contributed by atoms with Gasteiger partial charge in [0.25, 0.3) is 10.0 Å². The number of nitrogens with one attached hydrogen (secondary N) is 1. The highest BCUT2D eigenvalue weighted by atomic mass is 32.2. The van der Waals surface area contributed by atoms with Gasteiger partial charge in [-0.05, 0) is 30.3 Å². The zero-order chi connectivity index (χ0) is 18.9. The van der Waals surface area contributed by atoms with E-state index in [0.717, 1.165) is 10.6 Å². The van der Waals surface area contributed by atoms with Crippen molar-refractivity contribution in [2.75, 3.05) is 28.4 Å². The van der Waals surface area contributed by atoms with E-state index in [2.05, 4.69) is 4.72 Å². The summed E-state index contributed by atoms with van der Waals surface area (Å²) in [6.45, 7) is 0.347. The summed E-state index contributed by atoms with van der Waals surface area (Å²) in [6, 6.07) is 12.0. The molecular weight excluding hydrogens is 378 g/mol. The third kappa shape index (κ3) is 3.44. The lowest BCUT2D eigenvalue weighted by Crippen LogP contribution is -2.37. The van der Waals surface area contributed by atoms with Crippen LogP contribution in [-0.2, 0) is 20.0 Å². The molecule has 0 saturated heterocycles. The van der Waals surface area contributed by atoms with E-state index in [-0.39, 0.29) is 35.0 Å². The minimum Gasteiger partial charge on any atom is -0.489 e. The van der Waals surface area contributed by atoms with Gasteiger partial charge in [-0.15, -0.1) is 0 Å². The van der Waals surface area contributed by atoms with E-state index < -0.39 is 20.0 Å². The second-order valence-electron chi connectivity index (χ2n) is 5.58. The number of hydrogen-bond donors (Lipinski definition) is 1. The van der Waals surface area contributed by atoms with E-state index in [9.17, 15) is 16.8 Å². The summed E-state index contributed by atoms with van der Waals surface area (Å²) in [6.07, 6.45) is 1.07. The molecule has 136 valence electrons. The molecule has 1 heterocycles.